The lowest BCUT2D eigenvalue weighted by Crippen LogP contribution is -2.00. The van der Waals surface area contributed by atoms with Gasteiger partial charge in [0.25, 0.3) is 0 Å². The van der Waals surface area contributed by atoms with Crippen molar-refractivity contribution < 1.29 is 4.42 Å². The molecule has 0 unspecified atom stereocenters. The number of benzene rings is 5. The normalized spacial score (nSPS) is 11.5. The smallest absolute Gasteiger partial charge is 0.164 e. The van der Waals surface area contributed by atoms with Crippen LogP contribution in [0, 0.1) is 0 Å². The second kappa shape index (κ2) is 10.6. The van der Waals surface area contributed by atoms with Crippen molar-refractivity contribution in [1.29, 1.82) is 0 Å². The largest absolute Gasteiger partial charge is 0.455 e. The van der Waals surface area contributed by atoms with Gasteiger partial charge in [-0.1, -0.05) is 109 Å². The average molecular weight is 592 g/mol. The van der Waals surface area contributed by atoms with Crippen molar-refractivity contribution in [2.45, 2.75) is 0 Å². The highest BCUT2D eigenvalue weighted by atomic mass is 16.3. The maximum atomic E-state index is 6.56. The zero-order chi connectivity index (χ0) is 30.5. The maximum Gasteiger partial charge on any atom is 0.164 e. The molecule has 6 nitrogen and oxygen atoms in total. The first kappa shape index (κ1) is 26.0. The summed E-state index contributed by atoms with van der Waals surface area (Å²) in [6, 6.07) is 47.1. The highest BCUT2D eigenvalue weighted by Crippen LogP contribution is 2.37. The van der Waals surface area contributed by atoms with E-state index in [1.54, 1.807) is 0 Å². The Balaban J connectivity index is 1.16. The van der Waals surface area contributed by atoms with Crippen LogP contribution in [0.4, 0.5) is 0 Å². The van der Waals surface area contributed by atoms with Crippen LogP contribution in [0.15, 0.2) is 156 Å². The Morgan fingerprint density at radius 2 is 1.07 bits per heavy atom. The van der Waals surface area contributed by atoms with E-state index >= 15 is 0 Å². The van der Waals surface area contributed by atoms with Crippen molar-refractivity contribution in [2.24, 2.45) is 0 Å². The number of furan rings is 1. The number of hydrogen-bond donors (Lipinski definition) is 0. The molecule has 0 saturated carbocycles. The van der Waals surface area contributed by atoms with Crippen molar-refractivity contribution in [3.8, 4) is 56.5 Å². The molecule has 46 heavy (non-hydrogen) atoms. The Bertz CT molecular complexity index is 2480. The first-order valence-corrected chi connectivity index (χ1v) is 15.1. The molecule has 6 heteroatoms. The second-order valence-electron chi connectivity index (χ2n) is 11.2. The summed E-state index contributed by atoms with van der Waals surface area (Å²) < 4.78 is 8.58. The topological polar surface area (TPSA) is 69.1 Å². The molecule has 5 aromatic carbocycles. The summed E-state index contributed by atoms with van der Waals surface area (Å²) >= 11 is 0. The van der Waals surface area contributed by atoms with E-state index in [2.05, 4.69) is 66.7 Å². The summed E-state index contributed by atoms with van der Waals surface area (Å²) in [5, 5.41) is 2.06. The number of nitrogens with zero attached hydrogens (tertiary/aromatic N) is 5. The second-order valence-corrected chi connectivity index (χ2v) is 11.2. The molecule has 0 saturated heterocycles. The number of fused-ring (bicyclic) bond motifs is 4. The van der Waals surface area contributed by atoms with Gasteiger partial charge >= 0.3 is 0 Å². The fourth-order valence-electron chi connectivity index (χ4n) is 6.00. The van der Waals surface area contributed by atoms with Gasteiger partial charge in [0.05, 0.1) is 5.69 Å². The molecule has 0 atom stereocenters. The molecule has 0 aliphatic carbocycles. The van der Waals surface area contributed by atoms with Crippen molar-refractivity contribution in [3.05, 3.63) is 152 Å². The van der Waals surface area contributed by atoms with Gasteiger partial charge in [0.15, 0.2) is 17.5 Å². The number of para-hydroxylation sites is 1. The number of aromatic nitrogens is 5. The molecule has 0 radical (unpaired) electrons. The molecule has 0 aliphatic rings. The molecule has 0 fully saturated rings. The predicted molar refractivity (Wildman–Crippen MR) is 183 cm³/mol. The van der Waals surface area contributed by atoms with Gasteiger partial charge in [-0.3, -0.25) is 0 Å². The molecule has 0 amide bonds. The molecule has 216 valence electrons. The Hall–Kier alpha value is -6.40. The van der Waals surface area contributed by atoms with Crippen LogP contribution in [0.25, 0.3) is 84.1 Å². The molecule has 0 aliphatic heterocycles. The van der Waals surface area contributed by atoms with Crippen molar-refractivity contribution in [2.75, 3.05) is 0 Å². The highest BCUT2D eigenvalue weighted by molar-refractivity contribution is 6.10. The first-order valence-electron chi connectivity index (χ1n) is 15.1. The number of pyridine rings is 1. The third kappa shape index (κ3) is 4.52. The lowest BCUT2D eigenvalue weighted by molar-refractivity contribution is 0.670. The van der Waals surface area contributed by atoms with Gasteiger partial charge in [-0.2, -0.15) is 0 Å². The first-order chi connectivity index (χ1) is 22.8. The van der Waals surface area contributed by atoms with Crippen molar-refractivity contribution in [1.82, 2.24) is 24.3 Å². The number of hydrogen-bond acceptors (Lipinski definition) is 5. The van der Waals surface area contributed by atoms with Gasteiger partial charge < -0.3 is 8.82 Å². The quantitative estimate of drug-likeness (QED) is 0.199. The summed E-state index contributed by atoms with van der Waals surface area (Å²) in [6.45, 7) is 0. The average Bonchev–Trinajstić information content (AvgIpc) is 3.74. The monoisotopic (exact) mass is 591 g/mol. The van der Waals surface area contributed by atoms with Crippen LogP contribution >= 0.6 is 0 Å². The Kier molecular flexibility index (Phi) is 6.03. The van der Waals surface area contributed by atoms with Gasteiger partial charge in [0.1, 0.15) is 16.8 Å². The Labute approximate surface area is 264 Å². The minimum absolute atomic E-state index is 0.582. The van der Waals surface area contributed by atoms with Crippen LogP contribution in [0.5, 0.6) is 0 Å². The van der Waals surface area contributed by atoms with E-state index in [1.165, 1.54) is 5.56 Å². The molecule has 9 rings (SSSR count). The summed E-state index contributed by atoms with van der Waals surface area (Å²) in [5.74, 6) is 1.81. The molecule has 0 N–H and O–H groups in total. The van der Waals surface area contributed by atoms with Gasteiger partial charge in [-0.15, -0.1) is 0 Å². The molecular weight excluding hydrogens is 566 g/mol. The van der Waals surface area contributed by atoms with E-state index in [0.717, 1.165) is 61.1 Å². The van der Waals surface area contributed by atoms with Crippen LogP contribution in [0.2, 0.25) is 0 Å². The van der Waals surface area contributed by atoms with Gasteiger partial charge in [0.2, 0.25) is 0 Å². The summed E-state index contributed by atoms with van der Waals surface area (Å²) in [5.41, 5.74) is 9.27. The van der Waals surface area contributed by atoms with Crippen LogP contribution in [-0.2, 0) is 0 Å². The van der Waals surface area contributed by atoms with E-state index in [9.17, 15) is 0 Å². The van der Waals surface area contributed by atoms with Crippen molar-refractivity contribution >= 4 is 27.6 Å². The van der Waals surface area contributed by atoms with E-state index < -0.39 is 0 Å². The highest BCUT2D eigenvalue weighted by Gasteiger charge is 2.17. The summed E-state index contributed by atoms with van der Waals surface area (Å²) in [7, 11) is 0. The summed E-state index contributed by atoms with van der Waals surface area (Å²) in [6.07, 6.45) is 4.04. The van der Waals surface area contributed by atoms with Gasteiger partial charge in [-0.05, 0) is 41.5 Å². The third-order valence-electron chi connectivity index (χ3n) is 8.31. The molecular formula is C40H25N5O. The standard InChI is InChI=1S/C40H25N5O/c1-3-10-26(11-4-1)27-17-19-29(20-18-27)39-42-38(28-12-5-2-6-13-28)43-40(44-39)30-21-22-31-32-14-9-15-33(37(32)46-35(31)24-30)34-25-45-23-8-7-16-36(45)41-34/h1-25H. The van der Waals surface area contributed by atoms with E-state index in [0.29, 0.717) is 17.5 Å². The fourth-order valence-corrected chi connectivity index (χ4v) is 6.00. The fraction of sp³-hybridized carbons (Fsp3) is 0. The van der Waals surface area contributed by atoms with Gasteiger partial charge in [-0.25, -0.2) is 19.9 Å². The SMILES string of the molecule is c1ccc(-c2ccc(-c3nc(-c4ccccc4)nc(-c4ccc5c(c4)oc4c(-c6cn7ccccc7n6)cccc45)n3)cc2)cc1. The minimum Gasteiger partial charge on any atom is -0.455 e. The van der Waals surface area contributed by atoms with Crippen molar-refractivity contribution in [3.63, 3.8) is 0 Å². The van der Waals surface area contributed by atoms with Crippen LogP contribution < -0.4 is 0 Å². The zero-order valence-electron chi connectivity index (χ0n) is 24.6. The lowest BCUT2D eigenvalue weighted by atomic mass is 10.0. The maximum absolute atomic E-state index is 6.56. The molecule has 0 bridgehead atoms. The Morgan fingerprint density at radius 3 is 1.80 bits per heavy atom. The molecule has 0 spiro atoms. The van der Waals surface area contributed by atoms with Gasteiger partial charge in [0, 0.05) is 45.4 Å². The molecule has 4 heterocycles. The predicted octanol–water partition coefficient (Wildman–Crippen LogP) is 9.75. The lowest BCUT2D eigenvalue weighted by Gasteiger charge is -2.09. The summed E-state index contributed by atoms with van der Waals surface area (Å²) in [4.78, 5) is 19.7. The number of rotatable bonds is 5. The number of imidazole rings is 1. The van der Waals surface area contributed by atoms with E-state index in [-0.39, 0.29) is 0 Å². The van der Waals surface area contributed by atoms with Crippen LogP contribution in [-0.4, -0.2) is 24.3 Å². The molecule has 9 aromatic rings. The van der Waals surface area contributed by atoms with Crippen LogP contribution in [0.3, 0.4) is 0 Å². The third-order valence-corrected chi connectivity index (χ3v) is 8.31. The zero-order valence-corrected chi connectivity index (χ0v) is 24.6. The Morgan fingerprint density at radius 1 is 0.457 bits per heavy atom. The van der Waals surface area contributed by atoms with E-state index in [4.69, 9.17) is 24.4 Å². The minimum atomic E-state index is 0.582. The van der Waals surface area contributed by atoms with Crippen LogP contribution in [0.1, 0.15) is 0 Å². The van der Waals surface area contributed by atoms with E-state index in [1.807, 2.05) is 89.6 Å². The molecule has 4 aromatic heterocycles.